The summed E-state index contributed by atoms with van der Waals surface area (Å²) in [6.45, 7) is 2.76. The van der Waals surface area contributed by atoms with Crippen LogP contribution in [0.2, 0.25) is 0 Å². The highest BCUT2D eigenvalue weighted by atomic mass is 16.5. The Balaban J connectivity index is 2.10. The number of carbonyl (C=O) groups excluding carboxylic acids is 1. The molecule has 0 atom stereocenters. The van der Waals surface area contributed by atoms with E-state index in [4.69, 9.17) is 4.74 Å². The number of aliphatic hydroxyl groups is 1. The largest absolute Gasteiger partial charge is 0.503 e. The Hall–Kier alpha value is -2.01. The van der Waals surface area contributed by atoms with Gasteiger partial charge in [0.15, 0.2) is 5.76 Å². The zero-order valence-electron chi connectivity index (χ0n) is 10.9. The molecule has 102 valence electrons. The van der Waals surface area contributed by atoms with Gasteiger partial charge in [-0.15, -0.1) is 0 Å². The lowest BCUT2D eigenvalue weighted by atomic mass is 10.2. The summed E-state index contributed by atoms with van der Waals surface area (Å²) in [6, 6.07) is 7.20. The number of hydrogen-bond donors (Lipinski definition) is 2. The minimum atomic E-state index is -0.329. The van der Waals surface area contributed by atoms with E-state index in [9.17, 15) is 9.90 Å². The maximum Gasteiger partial charge on any atom is 0.288 e. The number of carbonyl (C=O) groups is 1. The number of methoxy groups -OCH3 is 1. The van der Waals surface area contributed by atoms with Crippen molar-refractivity contribution in [2.24, 2.45) is 0 Å². The van der Waals surface area contributed by atoms with E-state index in [2.05, 4.69) is 5.32 Å². The monoisotopic (exact) mass is 262 g/mol. The van der Waals surface area contributed by atoms with Gasteiger partial charge >= 0.3 is 0 Å². The first-order valence-corrected chi connectivity index (χ1v) is 6.25. The molecule has 5 heteroatoms. The summed E-state index contributed by atoms with van der Waals surface area (Å²) in [5, 5.41) is 13.1. The average molecular weight is 262 g/mol. The van der Waals surface area contributed by atoms with Crippen molar-refractivity contribution in [3.63, 3.8) is 0 Å². The molecule has 0 aliphatic carbocycles. The fourth-order valence-electron chi connectivity index (χ4n) is 1.98. The van der Waals surface area contributed by atoms with Gasteiger partial charge < -0.3 is 20.1 Å². The molecule has 1 aromatic rings. The van der Waals surface area contributed by atoms with Crippen LogP contribution in [0.5, 0.6) is 5.75 Å². The molecule has 0 spiro atoms. The fraction of sp³-hybridized carbons (Fsp3) is 0.357. The first-order valence-electron chi connectivity index (χ1n) is 6.25. The minimum absolute atomic E-state index is 0.241. The molecular formula is C14H18N2O3. The summed E-state index contributed by atoms with van der Waals surface area (Å²) in [4.78, 5) is 13.6. The van der Waals surface area contributed by atoms with Crippen LogP contribution in [0.15, 0.2) is 30.0 Å². The quantitative estimate of drug-likeness (QED) is 0.631. The number of nitrogens with one attached hydrogen (secondary N) is 1. The molecule has 1 amide bonds. The Morgan fingerprint density at radius 1 is 1.42 bits per heavy atom. The van der Waals surface area contributed by atoms with Crippen LogP contribution in [-0.4, -0.2) is 49.2 Å². The van der Waals surface area contributed by atoms with Crippen molar-refractivity contribution in [2.45, 2.75) is 0 Å². The zero-order valence-corrected chi connectivity index (χ0v) is 10.9. The Bertz CT molecular complexity index is 479. The summed E-state index contributed by atoms with van der Waals surface area (Å²) >= 11 is 0. The van der Waals surface area contributed by atoms with Gasteiger partial charge in [-0.25, -0.2) is 0 Å². The van der Waals surface area contributed by atoms with Crippen LogP contribution in [0, 0.1) is 0 Å². The first kappa shape index (κ1) is 13.4. The fourth-order valence-corrected chi connectivity index (χ4v) is 1.98. The van der Waals surface area contributed by atoms with E-state index in [1.54, 1.807) is 18.1 Å². The summed E-state index contributed by atoms with van der Waals surface area (Å²) in [5.41, 5.74) is 0.736. The second-order valence-electron chi connectivity index (χ2n) is 4.35. The van der Waals surface area contributed by atoms with Crippen molar-refractivity contribution in [1.82, 2.24) is 10.2 Å². The van der Waals surface area contributed by atoms with Crippen LogP contribution < -0.4 is 10.1 Å². The van der Waals surface area contributed by atoms with E-state index >= 15 is 0 Å². The third-order valence-electron chi connectivity index (χ3n) is 3.02. The number of aliphatic hydroxyl groups excluding tert-OH is 1. The lowest BCUT2D eigenvalue weighted by Gasteiger charge is -2.26. The predicted octanol–water partition coefficient (Wildman–Crippen LogP) is 1.03. The lowest BCUT2D eigenvalue weighted by molar-refractivity contribution is -0.130. The zero-order chi connectivity index (χ0) is 13.7. The molecule has 2 rings (SSSR count). The van der Waals surface area contributed by atoms with Gasteiger partial charge in [-0.2, -0.15) is 0 Å². The van der Waals surface area contributed by atoms with E-state index in [1.165, 1.54) is 6.08 Å². The van der Waals surface area contributed by atoms with Crippen molar-refractivity contribution in [3.05, 3.63) is 35.6 Å². The smallest absolute Gasteiger partial charge is 0.288 e. The maximum atomic E-state index is 12.0. The van der Waals surface area contributed by atoms with Crippen molar-refractivity contribution < 1.29 is 14.6 Å². The molecule has 0 aromatic heterocycles. The second-order valence-corrected chi connectivity index (χ2v) is 4.35. The number of hydrogen-bond acceptors (Lipinski definition) is 4. The van der Waals surface area contributed by atoms with Gasteiger partial charge in [0, 0.05) is 26.2 Å². The molecule has 0 unspecified atom stereocenters. The highest BCUT2D eigenvalue weighted by Gasteiger charge is 2.19. The van der Waals surface area contributed by atoms with Crippen LogP contribution in [0.3, 0.4) is 0 Å². The van der Waals surface area contributed by atoms with E-state index < -0.39 is 0 Å². The van der Waals surface area contributed by atoms with Crippen molar-refractivity contribution in [1.29, 1.82) is 0 Å². The predicted molar refractivity (Wildman–Crippen MR) is 73.0 cm³/mol. The van der Waals surface area contributed by atoms with Gasteiger partial charge in [0.1, 0.15) is 5.75 Å². The van der Waals surface area contributed by atoms with E-state index in [-0.39, 0.29) is 11.7 Å². The van der Waals surface area contributed by atoms with Crippen molar-refractivity contribution in [3.8, 4) is 5.75 Å². The van der Waals surface area contributed by atoms with Crippen LogP contribution in [0.25, 0.3) is 6.08 Å². The van der Waals surface area contributed by atoms with Crippen molar-refractivity contribution in [2.75, 3.05) is 33.3 Å². The third-order valence-corrected chi connectivity index (χ3v) is 3.02. The molecule has 5 nitrogen and oxygen atoms in total. The molecule has 1 saturated heterocycles. The molecule has 1 aliphatic rings. The molecule has 1 aliphatic heterocycles. The molecular weight excluding hydrogens is 244 g/mol. The number of benzene rings is 1. The third kappa shape index (κ3) is 3.48. The van der Waals surface area contributed by atoms with Gasteiger partial charge in [-0.1, -0.05) is 12.1 Å². The number of ether oxygens (including phenoxy) is 1. The van der Waals surface area contributed by atoms with Crippen LogP contribution in [0.1, 0.15) is 5.56 Å². The Morgan fingerprint density at radius 3 is 2.84 bits per heavy atom. The van der Waals surface area contributed by atoms with Crippen LogP contribution in [-0.2, 0) is 4.79 Å². The molecule has 1 fully saturated rings. The van der Waals surface area contributed by atoms with Gasteiger partial charge in [0.05, 0.1) is 7.11 Å². The number of amides is 1. The Kier molecular flexibility index (Phi) is 4.41. The van der Waals surface area contributed by atoms with E-state index in [0.29, 0.717) is 18.8 Å². The lowest BCUT2D eigenvalue weighted by Crippen LogP contribution is -2.46. The first-order chi connectivity index (χ1) is 9.20. The van der Waals surface area contributed by atoms with Crippen molar-refractivity contribution >= 4 is 12.0 Å². The standard InChI is InChI=1S/C14H18N2O3/c1-19-12-4-2-3-11(9-12)10-13(17)14(18)16-7-5-15-6-8-16/h2-4,9-10,15,17H,5-8H2,1H3. The highest BCUT2D eigenvalue weighted by Crippen LogP contribution is 2.15. The molecule has 1 aromatic carbocycles. The molecule has 0 radical (unpaired) electrons. The van der Waals surface area contributed by atoms with Gasteiger partial charge in [0.2, 0.25) is 0 Å². The normalized spacial score (nSPS) is 16.3. The molecule has 2 N–H and O–H groups in total. The topological polar surface area (TPSA) is 61.8 Å². The highest BCUT2D eigenvalue weighted by molar-refractivity contribution is 5.95. The maximum absolute atomic E-state index is 12.0. The molecule has 0 bridgehead atoms. The molecule has 0 saturated carbocycles. The second kappa shape index (κ2) is 6.24. The van der Waals surface area contributed by atoms with E-state index in [0.717, 1.165) is 18.7 Å². The number of rotatable bonds is 3. The minimum Gasteiger partial charge on any atom is -0.503 e. The van der Waals surface area contributed by atoms with Crippen LogP contribution in [0.4, 0.5) is 0 Å². The molecule has 19 heavy (non-hydrogen) atoms. The van der Waals surface area contributed by atoms with Gasteiger partial charge in [-0.05, 0) is 23.8 Å². The SMILES string of the molecule is COc1cccc(C=C(O)C(=O)N2CCNCC2)c1. The Labute approximate surface area is 112 Å². The number of piperazine rings is 1. The average Bonchev–Trinajstić information content (AvgIpc) is 2.47. The summed E-state index contributed by atoms with van der Waals surface area (Å²) in [7, 11) is 1.58. The number of nitrogens with zero attached hydrogens (tertiary/aromatic N) is 1. The summed E-state index contributed by atoms with van der Waals surface area (Å²) in [6.07, 6.45) is 1.47. The van der Waals surface area contributed by atoms with Gasteiger partial charge in [-0.3, -0.25) is 4.79 Å². The van der Waals surface area contributed by atoms with E-state index in [1.807, 2.05) is 18.2 Å². The summed E-state index contributed by atoms with van der Waals surface area (Å²) < 4.78 is 5.10. The van der Waals surface area contributed by atoms with Crippen LogP contribution >= 0.6 is 0 Å². The molecule has 1 heterocycles. The summed E-state index contributed by atoms with van der Waals surface area (Å²) in [5.74, 6) is 0.121. The van der Waals surface area contributed by atoms with Gasteiger partial charge in [0.25, 0.3) is 5.91 Å². The Morgan fingerprint density at radius 2 is 2.16 bits per heavy atom.